The Labute approximate surface area is 55.4 Å². The van der Waals surface area contributed by atoms with Gasteiger partial charge in [-0.05, 0) is 0 Å². The first kappa shape index (κ1) is 4.81. The molecule has 0 saturated carbocycles. The maximum absolute atomic E-state index is 3.98. The minimum Gasteiger partial charge on any atom is -0.242 e. The first-order chi connectivity index (χ1) is 4.47. The van der Waals surface area contributed by atoms with Gasteiger partial charge in [0, 0.05) is 0 Å². The smallest absolute Gasteiger partial charge is 0.143 e. The first-order valence-electron chi connectivity index (χ1n) is 2.39. The van der Waals surface area contributed by atoms with Crippen LogP contribution in [0.2, 0.25) is 0 Å². The van der Waals surface area contributed by atoms with E-state index in [0.29, 0.717) is 0 Å². The Balaban J connectivity index is 2.95. The summed E-state index contributed by atoms with van der Waals surface area (Å²) in [5, 5.41) is 7.20. The first-order valence-corrected chi connectivity index (χ1v) is 3.27. The van der Waals surface area contributed by atoms with Gasteiger partial charge in [0.1, 0.15) is 11.7 Å². The molecule has 0 saturated heterocycles. The molecule has 3 nitrogen and oxygen atoms in total. The van der Waals surface area contributed by atoms with Gasteiger partial charge in [0.25, 0.3) is 0 Å². The third-order valence-electron chi connectivity index (χ3n) is 0.983. The molecule has 0 unspecified atom stereocenters. The van der Waals surface area contributed by atoms with Crippen molar-refractivity contribution in [3.05, 3.63) is 17.9 Å². The second-order valence-corrected chi connectivity index (χ2v) is 2.41. The highest BCUT2D eigenvalue weighted by molar-refractivity contribution is 7.16. The second-order valence-electron chi connectivity index (χ2n) is 1.52. The maximum Gasteiger partial charge on any atom is 0.143 e. The Bertz CT molecular complexity index is 286. The van der Waals surface area contributed by atoms with Crippen LogP contribution in [0.1, 0.15) is 0 Å². The highest BCUT2D eigenvalue weighted by Crippen LogP contribution is 2.12. The molecule has 4 heteroatoms. The van der Waals surface area contributed by atoms with Gasteiger partial charge in [-0.25, -0.2) is 4.98 Å². The fourth-order valence-electron chi connectivity index (χ4n) is 0.588. The van der Waals surface area contributed by atoms with Crippen molar-refractivity contribution >= 4 is 21.6 Å². The number of hydrogen-bond acceptors (Lipinski definition) is 4. The van der Waals surface area contributed by atoms with Crippen molar-refractivity contribution in [2.75, 3.05) is 0 Å². The van der Waals surface area contributed by atoms with E-state index >= 15 is 0 Å². The zero-order valence-electron chi connectivity index (χ0n) is 4.40. The van der Waals surface area contributed by atoms with E-state index in [-0.39, 0.29) is 0 Å². The molecule has 2 rings (SSSR count). The van der Waals surface area contributed by atoms with E-state index in [1.165, 1.54) is 0 Å². The average Bonchev–Trinajstić information content (AvgIpc) is 2.33. The van der Waals surface area contributed by atoms with Crippen LogP contribution >= 0.6 is 11.3 Å². The number of thiazole rings is 1. The van der Waals surface area contributed by atoms with Crippen molar-refractivity contribution < 1.29 is 0 Å². The lowest BCUT2D eigenvalue weighted by atomic mass is 10.5. The predicted molar refractivity (Wildman–Crippen MR) is 34.0 cm³/mol. The quantitative estimate of drug-likeness (QED) is 0.539. The van der Waals surface area contributed by atoms with E-state index in [1.807, 2.05) is 0 Å². The molecule has 0 bridgehead atoms. The fourth-order valence-corrected chi connectivity index (χ4v) is 1.18. The van der Waals surface area contributed by atoms with Gasteiger partial charge in [0.05, 0.1) is 16.4 Å². The summed E-state index contributed by atoms with van der Waals surface area (Å²) in [6.07, 6.45) is 4.35. The highest BCUT2D eigenvalue weighted by atomic mass is 32.1. The molecular weight excluding hydrogens is 134 g/mol. The van der Waals surface area contributed by atoms with Crippen LogP contribution in [0.3, 0.4) is 0 Å². The average molecular weight is 136 g/mol. The molecule has 9 heavy (non-hydrogen) atoms. The number of nitrogens with zero attached hydrogens (tertiary/aromatic N) is 3. The van der Waals surface area contributed by atoms with Crippen molar-refractivity contribution in [1.29, 1.82) is 0 Å². The van der Waals surface area contributed by atoms with E-state index in [2.05, 4.69) is 21.4 Å². The summed E-state index contributed by atoms with van der Waals surface area (Å²) in [7, 11) is 0. The summed E-state index contributed by atoms with van der Waals surface area (Å²) in [4.78, 5) is 3.98. The van der Waals surface area contributed by atoms with Crippen LogP contribution in [0.25, 0.3) is 10.2 Å². The third kappa shape index (κ3) is 0.675. The van der Waals surface area contributed by atoms with Crippen molar-refractivity contribution in [1.82, 2.24) is 15.2 Å². The summed E-state index contributed by atoms with van der Waals surface area (Å²) in [5.41, 5.74) is 2.56. The van der Waals surface area contributed by atoms with Crippen LogP contribution < -0.4 is 0 Å². The Morgan fingerprint density at radius 2 is 2.56 bits per heavy atom. The van der Waals surface area contributed by atoms with Crippen LogP contribution in [0.5, 0.6) is 0 Å². The standard InChI is InChI=1S/C5H2N3S/c1-4-5(2-8-7-1)9-3-6-4/h2-3H. The van der Waals surface area contributed by atoms with Crippen LogP contribution in [0.15, 0.2) is 11.7 Å². The highest BCUT2D eigenvalue weighted by Gasteiger charge is 1.92. The zero-order valence-corrected chi connectivity index (χ0v) is 5.22. The molecular formula is C5H2N3S. The van der Waals surface area contributed by atoms with Crippen LogP contribution in [0, 0.1) is 6.20 Å². The molecule has 0 aliphatic heterocycles. The van der Waals surface area contributed by atoms with Crippen molar-refractivity contribution in [3.63, 3.8) is 0 Å². The lowest BCUT2D eigenvalue weighted by molar-refractivity contribution is 1.04. The minimum absolute atomic E-state index is 0.801. The molecule has 43 valence electrons. The molecule has 2 aromatic heterocycles. The van der Waals surface area contributed by atoms with Crippen LogP contribution in [-0.2, 0) is 0 Å². The topological polar surface area (TPSA) is 38.7 Å². The Morgan fingerprint density at radius 3 is 3.44 bits per heavy atom. The number of rotatable bonds is 0. The van der Waals surface area contributed by atoms with Crippen molar-refractivity contribution in [2.24, 2.45) is 0 Å². The molecule has 0 amide bonds. The van der Waals surface area contributed by atoms with Crippen molar-refractivity contribution in [2.45, 2.75) is 0 Å². The molecule has 0 N–H and O–H groups in total. The molecule has 0 atom stereocenters. The Morgan fingerprint density at radius 1 is 1.56 bits per heavy atom. The van der Waals surface area contributed by atoms with E-state index < -0.39 is 0 Å². The number of fused-ring (bicyclic) bond motifs is 1. The molecule has 0 spiro atoms. The van der Waals surface area contributed by atoms with Crippen LogP contribution in [-0.4, -0.2) is 15.2 Å². The van der Waals surface area contributed by atoms with Crippen molar-refractivity contribution in [3.8, 4) is 0 Å². The lowest BCUT2D eigenvalue weighted by Gasteiger charge is -1.77. The molecule has 0 aromatic carbocycles. The molecule has 1 radical (unpaired) electrons. The SMILES string of the molecule is [c]1nncc2scnc12. The minimum atomic E-state index is 0.801. The monoisotopic (exact) mass is 136 g/mol. The van der Waals surface area contributed by atoms with Gasteiger partial charge in [-0.2, -0.15) is 5.10 Å². The zero-order chi connectivity index (χ0) is 6.10. The van der Waals surface area contributed by atoms with Gasteiger partial charge in [-0.3, -0.25) is 0 Å². The van der Waals surface area contributed by atoms with Gasteiger partial charge in [0.15, 0.2) is 0 Å². The normalized spacial score (nSPS) is 10.2. The Hall–Kier alpha value is -1.03. The molecule has 0 aliphatic carbocycles. The lowest BCUT2D eigenvalue weighted by Crippen LogP contribution is -1.76. The summed E-state index contributed by atoms with van der Waals surface area (Å²) in [6.45, 7) is 0. The summed E-state index contributed by atoms with van der Waals surface area (Å²) in [6, 6.07) is 0. The van der Waals surface area contributed by atoms with E-state index in [9.17, 15) is 0 Å². The second kappa shape index (κ2) is 1.73. The molecule has 0 fully saturated rings. The fraction of sp³-hybridized carbons (Fsp3) is 0. The summed E-state index contributed by atoms with van der Waals surface area (Å²) < 4.78 is 1.03. The number of aromatic nitrogens is 3. The third-order valence-corrected chi connectivity index (χ3v) is 1.75. The molecule has 2 aromatic rings. The van der Waals surface area contributed by atoms with E-state index in [0.717, 1.165) is 10.2 Å². The van der Waals surface area contributed by atoms with E-state index in [1.54, 1.807) is 23.0 Å². The van der Waals surface area contributed by atoms with Gasteiger partial charge in [-0.15, -0.1) is 16.4 Å². The van der Waals surface area contributed by atoms with Gasteiger partial charge in [-0.1, -0.05) is 0 Å². The maximum atomic E-state index is 3.98. The van der Waals surface area contributed by atoms with E-state index in [4.69, 9.17) is 0 Å². The molecule has 2 heterocycles. The van der Waals surface area contributed by atoms with Crippen LogP contribution in [0.4, 0.5) is 0 Å². The van der Waals surface area contributed by atoms with Gasteiger partial charge < -0.3 is 0 Å². The molecule has 0 aliphatic rings. The van der Waals surface area contributed by atoms with Gasteiger partial charge >= 0.3 is 0 Å². The summed E-state index contributed by atoms with van der Waals surface area (Å²) in [5.74, 6) is 0. The Kier molecular flexibility index (Phi) is 0.927. The largest absolute Gasteiger partial charge is 0.242 e. The summed E-state index contributed by atoms with van der Waals surface area (Å²) >= 11 is 1.54. The number of hydrogen-bond donors (Lipinski definition) is 0. The predicted octanol–water partition coefficient (Wildman–Crippen LogP) is 0.886. The van der Waals surface area contributed by atoms with Gasteiger partial charge in [0.2, 0.25) is 0 Å².